The number of hydrogen-bond donors (Lipinski definition) is 0. The molecule has 1 atom stereocenters. The summed E-state index contributed by atoms with van der Waals surface area (Å²) in [5, 5.41) is 1.00. The van der Waals surface area contributed by atoms with E-state index in [1.165, 1.54) is 15.9 Å². The van der Waals surface area contributed by atoms with Gasteiger partial charge in [-0.2, -0.15) is 0 Å². The summed E-state index contributed by atoms with van der Waals surface area (Å²) < 4.78 is 25.3. The molecule has 0 N–H and O–H groups in total. The van der Waals surface area contributed by atoms with Gasteiger partial charge in [-0.05, 0) is 68.8 Å². The zero-order valence-electron chi connectivity index (χ0n) is 25.8. The van der Waals surface area contributed by atoms with E-state index in [9.17, 15) is 9.59 Å². The maximum Gasteiger partial charge on any atom is 0.338 e. The number of fused-ring (bicyclic) bond motifs is 1. The second-order valence-electron chi connectivity index (χ2n) is 10.3. The summed E-state index contributed by atoms with van der Waals surface area (Å²) in [5.41, 5.74) is 2.28. The molecule has 240 valence electrons. The molecule has 0 unspecified atom stereocenters. The van der Waals surface area contributed by atoms with Crippen molar-refractivity contribution in [2.75, 3.05) is 19.8 Å². The van der Waals surface area contributed by atoms with E-state index in [1.807, 2.05) is 50.2 Å². The third-order valence-corrected chi connectivity index (χ3v) is 8.90. The minimum atomic E-state index is -0.880. The van der Waals surface area contributed by atoms with E-state index >= 15 is 0 Å². The first-order valence-corrected chi connectivity index (χ1v) is 16.6. The van der Waals surface area contributed by atoms with Gasteiger partial charge in [-0.15, -0.1) is 0 Å². The van der Waals surface area contributed by atoms with Gasteiger partial charge in [-0.25, -0.2) is 9.79 Å². The first kappa shape index (κ1) is 32.4. The van der Waals surface area contributed by atoms with E-state index in [0.717, 1.165) is 0 Å². The lowest BCUT2D eigenvalue weighted by atomic mass is 9.93. The Bertz CT molecular complexity index is 2170. The van der Waals surface area contributed by atoms with Gasteiger partial charge < -0.3 is 18.6 Å². The Balaban J connectivity index is 1.58. The van der Waals surface area contributed by atoms with Gasteiger partial charge in [-0.3, -0.25) is 9.36 Å². The number of rotatable bonds is 10. The van der Waals surface area contributed by atoms with Crippen LogP contribution in [0, 0.1) is 0 Å². The monoisotopic (exact) mass is 688 g/mol. The molecular weight excluding hydrogens is 659 g/mol. The number of halogens is 2. The number of benzene rings is 3. The minimum Gasteiger partial charge on any atom is -0.490 e. The molecule has 8 nitrogen and oxygen atoms in total. The van der Waals surface area contributed by atoms with Crippen LogP contribution in [0.5, 0.6) is 11.5 Å². The summed E-state index contributed by atoms with van der Waals surface area (Å²) in [7, 11) is 0. The van der Waals surface area contributed by atoms with Crippen LogP contribution >= 0.6 is 34.5 Å². The third kappa shape index (κ3) is 6.52. The normalized spacial score (nSPS) is 14.5. The predicted octanol–water partition coefficient (Wildman–Crippen LogP) is 7.30. The van der Waals surface area contributed by atoms with E-state index in [2.05, 4.69) is 0 Å². The number of aromatic nitrogens is 1. The Morgan fingerprint density at radius 1 is 0.936 bits per heavy atom. The first-order chi connectivity index (χ1) is 22.8. The van der Waals surface area contributed by atoms with Crippen LogP contribution in [-0.2, 0) is 9.53 Å². The van der Waals surface area contributed by atoms with Crippen molar-refractivity contribution in [2.24, 2.45) is 4.99 Å². The van der Waals surface area contributed by atoms with Gasteiger partial charge in [0.2, 0.25) is 0 Å². The number of hydrogen-bond acceptors (Lipinski definition) is 8. The lowest BCUT2D eigenvalue weighted by Crippen LogP contribution is -2.40. The van der Waals surface area contributed by atoms with Crippen molar-refractivity contribution in [3.63, 3.8) is 0 Å². The largest absolute Gasteiger partial charge is 0.490 e. The molecule has 0 fully saturated rings. The fraction of sp³-hybridized carbons (Fsp3) is 0.194. The van der Waals surface area contributed by atoms with Crippen LogP contribution in [0.3, 0.4) is 0 Å². The SMILES string of the molecule is CCOC(=O)C1=C(c2ccccc2)N=c2s/c(=C/c3ccc(-c4cc(Cl)ccc4Cl)o3)c(=O)n2[C@H]1c1ccc(OCC)c(OCC)c1. The van der Waals surface area contributed by atoms with E-state index in [4.69, 9.17) is 46.8 Å². The Morgan fingerprint density at radius 2 is 1.70 bits per heavy atom. The number of esters is 1. The van der Waals surface area contributed by atoms with Gasteiger partial charge in [0.25, 0.3) is 5.56 Å². The van der Waals surface area contributed by atoms with Crippen LogP contribution in [0.2, 0.25) is 10.0 Å². The highest BCUT2D eigenvalue weighted by Crippen LogP contribution is 2.39. The molecule has 3 aromatic carbocycles. The smallest absolute Gasteiger partial charge is 0.338 e. The van der Waals surface area contributed by atoms with Crippen molar-refractivity contribution < 1.29 is 23.4 Å². The van der Waals surface area contributed by atoms with Crippen LogP contribution in [0.15, 0.2) is 98.6 Å². The number of ether oxygens (including phenoxy) is 3. The molecule has 0 amide bonds. The van der Waals surface area contributed by atoms with E-state index in [-0.39, 0.29) is 17.7 Å². The van der Waals surface area contributed by atoms with E-state index < -0.39 is 12.0 Å². The molecule has 5 aromatic rings. The molecule has 6 rings (SSSR count). The van der Waals surface area contributed by atoms with E-state index in [0.29, 0.717) is 78.0 Å². The molecule has 0 saturated heterocycles. The zero-order chi connectivity index (χ0) is 33.1. The van der Waals surface area contributed by atoms with Gasteiger partial charge in [0.15, 0.2) is 16.3 Å². The van der Waals surface area contributed by atoms with Gasteiger partial charge in [-0.1, -0.05) is 70.9 Å². The van der Waals surface area contributed by atoms with Gasteiger partial charge in [0.05, 0.1) is 46.7 Å². The maximum atomic E-state index is 14.3. The van der Waals surface area contributed by atoms with Crippen molar-refractivity contribution in [3.8, 4) is 22.8 Å². The van der Waals surface area contributed by atoms with Gasteiger partial charge >= 0.3 is 5.97 Å². The van der Waals surface area contributed by atoms with Crippen molar-refractivity contribution in [3.05, 3.63) is 131 Å². The summed E-state index contributed by atoms with van der Waals surface area (Å²) in [4.78, 5) is 33.4. The number of furan rings is 1. The Kier molecular flexibility index (Phi) is 9.68. The summed E-state index contributed by atoms with van der Waals surface area (Å²) in [6.45, 7) is 6.49. The first-order valence-electron chi connectivity index (χ1n) is 15.1. The minimum absolute atomic E-state index is 0.145. The molecule has 3 heterocycles. The molecule has 0 saturated carbocycles. The number of nitrogens with zero attached hydrogens (tertiary/aromatic N) is 2. The van der Waals surface area contributed by atoms with Crippen LogP contribution in [0.1, 0.15) is 43.7 Å². The van der Waals surface area contributed by atoms with Crippen LogP contribution in [0.4, 0.5) is 0 Å². The highest BCUT2D eigenvalue weighted by molar-refractivity contribution is 7.07. The third-order valence-electron chi connectivity index (χ3n) is 7.35. The average Bonchev–Trinajstić information content (AvgIpc) is 3.66. The Hall–Kier alpha value is -4.57. The average molecular weight is 690 g/mol. The van der Waals surface area contributed by atoms with Crippen LogP contribution in [0.25, 0.3) is 23.1 Å². The van der Waals surface area contributed by atoms with Crippen LogP contribution in [-0.4, -0.2) is 30.4 Å². The lowest BCUT2D eigenvalue weighted by Gasteiger charge is -2.26. The second-order valence-corrected chi connectivity index (χ2v) is 12.2. The number of carbonyl (C=O) groups is 1. The quantitative estimate of drug-likeness (QED) is 0.143. The molecule has 0 radical (unpaired) electrons. The molecule has 0 spiro atoms. The van der Waals surface area contributed by atoms with Crippen LogP contribution < -0.4 is 24.4 Å². The summed E-state index contributed by atoms with van der Waals surface area (Å²) in [6.07, 6.45) is 1.66. The highest BCUT2D eigenvalue weighted by atomic mass is 35.5. The topological polar surface area (TPSA) is 92.3 Å². The molecule has 1 aliphatic heterocycles. The number of thiazole rings is 1. The maximum absolute atomic E-state index is 14.3. The van der Waals surface area contributed by atoms with Gasteiger partial charge in [0, 0.05) is 22.2 Å². The van der Waals surface area contributed by atoms with Crippen molar-refractivity contribution >= 4 is 52.3 Å². The second kappa shape index (κ2) is 14.0. The molecular formula is C36H30Cl2N2O6S. The fourth-order valence-electron chi connectivity index (χ4n) is 5.38. The molecule has 0 aliphatic carbocycles. The zero-order valence-corrected chi connectivity index (χ0v) is 28.1. The van der Waals surface area contributed by atoms with Crippen molar-refractivity contribution in [2.45, 2.75) is 26.8 Å². The van der Waals surface area contributed by atoms with Crippen molar-refractivity contribution in [1.82, 2.24) is 4.57 Å². The molecule has 47 heavy (non-hydrogen) atoms. The Morgan fingerprint density at radius 3 is 2.45 bits per heavy atom. The lowest BCUT2D eigenvalue weighted by molar-refractivity contribution is -0.138. The van der Waals surface area contributed by atoms with Gasteiger partial charge in [0.1, 0.15) is 11.5 Å². The molecule has 2 aromatic heterocycles. The summed E-state index contributed by atoms with van der Waals surface area (Å²) in [5.74, 6) is 1.42. The Labute approximate surface area is 284 Å². The standard InChI is InChI=1S/C36H30Cl2N2O6S/c1-4-43-28-16-12-22(18-29(28)44-5-2)33-31(35(42)45-6-3)32(21-10-8-7-9-11-21)39-36-40(33)34(41)30(47-36)20-24-14-17-27(46-24)25-19-23(37)13-15-26(25)38/h7-20,33H,4-6H2,1-3H3/b30-20+/t33-/m0/s1. The fourth-order valence-corrected chi connectivity index (χ4v) is 6.75. The highest BCUT2D eigenvalue weighted by Gasteiger charge is 2.35. The predicted molar refractivity (Wildman–Crippen MR) is 184 cm³/mol. The molecule has 1 aliphatic rings. The summed E-state index contributed by atoms with van der Waals surface area (Å²) in [6, 6.07) is 22.6. The summed E-state index contributed by atoms with van der Waals surface area (Å²) >= 11 is 13.8. The van der Waals surface area contributed by atoms with Crippen molar-refractivity contribution in [1.29, 1.82) is 0 Å². The molecule has 11 heteroatoms. The number of carbonyl (C=O) groups excluding carboxylic acids is 1. The molecule has 0 bridgehead atoms. The van der Waals surface area contributed by atoms with E-state index in [1.54, 1.807) is 55.5 Å².